The molecule has 0 aliphatic heterocycles. The monoisotopic (exact) mass is 668 g/mol. The van der Waals surface area contributed by atoms with Gasteiger partial charge in [-0.1, -0.05) is 23.2 Å². The minimum atomic E-state index is -4.63. The van der Waals surface area contributed by atoms with Gasteiger partial charge >= 0.3 is 6.18 Å². The van der Waals surface area contributed by atoms with Crippen molar-refractivity contribution >= 4 is 50.7 Å². The van der Waals surface area contributed by atoms with Crippen molar-refractivity contribution in [3.8, 4) is 5.82 Å². The van der Waals surface area contributed by atoms with Crippen molar-refractivity contribution in [1.29, 1.82) is 0 Å². The Morgan fingerprint density at radius 3 is 2.32 bits per heavy atom. The number of alkyl halides is 3. The zero-order valence-electron chi connectivity index (χ0n) is 23.3. The van der Waals surface area contributed by atoms with Crippen LogP contribution in [0.2, 0.25) is 10.0 Å². The van der Waals surface area contributed by atoms with Crippen molar-refractivity contribution < 1.29 is 31.2 Å². The van der Waals surface area contributed by atoms with Crippen molar-refractivity contribution in [2.24, 2.45) is 0 Å². The molecule has 232 valence electrons. The number of aromatic nitrogens is 3. The Kier molecular flexibility index (Phi) is 9.68. The van der Waals surface area contributed by atoms with Crippen molar-refractivity contribution in [3.05, 3.63) is 98.9 Å². The number of anilines is 1. The summed E-state index contributed by atoms with van der Waals surface area (Å²) in [6.45, 7) is 4.76. The molecule has 0 fully saturated rings. The summed E-state index contributed by atoms with van der Waals surface area (Å²) in [5, 5.41) is 10.2. The Morgan fingerprint density at radius 1 is 1.02 bits per heavy atom. The average molecular weight is 670 g/mol. The maximum atomic E-state index is 13.7. The lowest BCUT2D eigenvalue weighted by atomic mass is 10.1. The molecule has 2 heterocycles. The first-order valence-corrected chi connectivity index (χ1v) is 15.1. The van der Waals surface area contributed by atoms with Crippen LogP contribution in [0.3, 0.4) is 0 Å². The Bertz CT molecular complexity index is 1830. The van der Waals surface area contributed by atoms with Gasteiger partial charge in [0.2, 0.25) is 10.0 Å². The van der Waals surface area contributed by atoms with Crippen LogP contribution in [-0.2, 0) is 22.7 Å². The fraction of sp³-hybridized carbons (Fsp3) is 0.214. The topological polar surface area (TPSA) is 135 Å². The molecule has 0 aliphatic rings. The molecule has 0 unspecified atom stereocenters. The Hall–Kier alpha value is -3.98. The van der Waals surface area contributed by atoms with E-state index in [1.54, 1.807) is 32.9 Å². The van der Waals surface area contributed by atoms with Gasteiger partial charge in [0, 0.05) is 17.3 Å². The Balaban J connectivity index is 1.68. The minimum Gasteiger partial charge on any atom is -0.350 e. The van der Waals surface area contributed by atoms with E-state index in [0.717, 1.165) is 16.8 Å². The van der Waals surface area contributed by atoms with Crippen LogP contribution >= 0.6 is 23.2 Å². The third kappa shape index (κ3) is 7.56. The highest BCUT2D eigenvalue weighted by molar-refractivity contribution is 7.89. The number of nitrogens with zero attached hydrogens (tertiary/aromatic N) is 3. The van der Waals surface area contributed by atoms with E-state index >= 15 is 0 Å². The fourth-order valence-corrected chi connectivity index (χ4v) is 5.53. The molecule has 0 spiro atoms. The number of rotatable bonds is 9. The SMILES string of the molecule is Cc1cc(Cl)cc(C(=O)NC(C)C)c1NC(=O)c1cc(CNS(=O)(=O)c2ccc(C(F)(F)F)cc2)nn1-c1ncccc1Cl. The number of benzene rings is 2. The summed E-state index contributed by atoms with van der Waals surface area (Å²) in [6, 6.07) is 10.1. The normalized spacial score (nSPS) is 11.9. The molecule has 0 bridgehead atoms. The number of hydrogen-bond donors (Lipinski definition) is 3. The molecule has 2 amide bonds. The lowest BCUT2D eigenvalue weighted by Crippen LogP contribution is -2.31. The summed E-state index contributed by atoms with van der Waals surface area (Å²) < 4.78 is 67.7. The van der Waals surface area contributed by atoms with Crippen molar-refractivity contribution in [3.63, 3.8) is 0 Å². The van der Waals surface area contributed by atoms with Crippen LogP contribution in [0.4, 0.5) is 18.9 Å². The smallest absolute Gasteiger partial charge is 0.350 e. The number of halogens is 5. The van der Waals surface area contributed by atoms with E-state index < -0.39 is 45.0 Å². The molecule has 0 saturated heterocycles. The second-order valence-electron chi connectivity index (χ2n) is 9.82. The summed E-state index contributed by atoms with van der Waals surface area (Å²) in [5.74, 6) is -1.15. The van der Waals surface area contributed by atoms with Gasteiger partial charge in [0.25, 0.3) is 11.8 Å². The molecule has 4 aromatic rings. The van der Waals surface area contributed by atoms with Gasteiger partial charge in [0.1, 0.15) is 5.69 Å². The summed E-state index contributed by atoms with van der Waals surface area (Å²) in [6.07, 6.45) is -3.22. The first-order valence-electron chi connectivity index (χ1n) is 12.9. The highest BCUT2D eigenvalue weighted by Gasteiger charge is 2.31. The Morgan fingerprint density at radius 2 is 1.70 bits per heavy atom. The van der Waals surface area contributed by atoms with Gasteiger partial charge in [-0.25, -0.2) is 22.8 Å². The zero-order valence-corrected chi connectivity index (χ0v) is 25.7. The van der Waals surface area contributed by atoms with E-state index in [9.17, 15) is 31.2 Å². The number of aryl methyl sites for hydroxylation is 1. The third-order valence-corrected chi connectivity index (χ3v) is 8.00. The third-order valence-electron chi connectivity index (χ3n) is 6.07. The number of amides is 2. The molecule has 10 nitrogen and oxygen atoms in total. The fourth-order valence-electron chi connectivity index (χ4n) is 4.05. The molecule has 4 rings (SSSR count). The molecule has 3 N–H and O–H groups in total. The van der Waals surface area contributed by atoms with E-state index in [1.165, 1.54) is 24.4 Å². The van der Waals surface area contributed by atoms with Gasteiger partial charge < -0.3 is 10.6 Å². The number of sulfonamides is 1. The van der Waals surface area contributed by atoms with E-state index in [2.05, 4.69) is 25.4 Å². The molecule has 0 saturated carbocycles. The molecule has 0 aliphatic carbocycles. The van der Waals surface area contributed by atoms with Gasteiger partial charge in [0.15, 0.2) is 5.82 Å². The Labute approximate surface area is 260 Å². The number of pyridine rings is 1. The maximum absolute atomic E-state index is 13.7. The first kappa shape index (κ1) is 32.9. The molecule has 44 heavy (non-hydrogen) atoms. The highest BCUT2D eigenvalue weighted by Crippen LogP contribution is 2.30. The number of nitrogens with one attached hydrogen (secondary N) is 3. The van der Waals surface area contributed by atoms with E-state index in [-0.39, 0.29) is 44.5 Å². The highest BCUT2D eigenvalue weighted by atomic mass is 35.5. The molecule has 0 radical (unpaired) electrons. The number of hydrogen-bond acceptors (Lipinski definition) is 6. The molecule has 2 aromatic heterocycles. The second kappa shape index (κ2) is 12.9. The van der Waals surface area contributed by atoms with Crippen LogP contribution < -0.4 is 15.4 Å². The summed E-state index contributed by atoms with van der Waals surface area (Å²) in [5.41, 5.74) is -0.271. The average Bonchev–Trinajstić information content (AvgIpc) is 3.37. The van der Waals surface area contributed by atoms with Gasteiger partial charge in [0.05, 0.1) is 39.0 Å². The number of carbonyl (C=O) groups excluding carboxylic acids is 2. The summed E-state index contributed by atoms with van der Waals surface area (Å²) in [7, 11) is -4.27. The van der Waals surface area contributed by atoms with Gasteiger partial charge in [-0.15, -0.1) is 0 Å². The lowest BCUT2D eigenvalue weighted by molar-refractivity contribution is -0.137. The van der Waals surface area contributed by atoms with Gasteiger partial charge in [-0.2, -0.15) is 18.3 Å². The first-order chi connectivity index (χ1) is 20.6. The largest absolute Gasteiger partial charge is 0.416 e. The molecule has 16 heteroatoms. The summed E-state index contributed by atoms with van der Waals surface area (Å²) in [4.78, 5) is 30.4. The second-order valence-corrected chi connectivity index (χ2v) is 12.4. The quantitative estimate of drug-likeness (QED) is 0.207. The molecular formula is C28H25Cl2F3N6O4S. The van der Waals surface area contributed by atoms with Crippen LogP contribution in [0, 0.1) is 6.92 Å². The lowest BCUT2D eigenvalue weighted by Gasteiger charge is -2.16. The molecular weight excluding hydrogens is 644 g/mol. The van der Waals surface area contributed by atoms with Crippen LogP contribution in [0.5, 0.6) is 0 Å². The van der Waals surface area contributed by atoms with Crippen LogP contribution in [0.15, 0.2) is 65.7 Å². The maximum Gasteiger partial charge on any atom is 0.416 e. The van der Waals surface area contributed by atoms with E-state index in [0.29, 0.717) is 17.7 Å². The van der Waals surface area contributed by atoms with Crippen molar-refractivity contribution in [2.75, 3.05) is 5.32 Å². The standard InChI is InChI=1S/C28H25Cl2F3N6O4S/c1-15(2)36-26(40)21-12-18(29)11-16(3)24(21)37-27(41)23-13-19(38-39(23)25-22(30)5-4-10-34-25)14-35-44(42,43)20-8-6-17(7-9-20)28(31,32)33/h4-13,15,35H,14H2,1-3H3,(H,36,40)(H,37,41). The molecule has 2 aromatic carbocycles. The minimum absolute atomic E-state index is 0.0537. The van der Waals surface area contributed by atoms with Crippen LogP contribution in [0.25, 0.3) is 5.82 Å². The molecule has 0 atom stereocenters. The van der Waals surface area contributed by atoms with Crippen molar-refractivity contribution in [2.45, 2.75) is 44.4 Å². The van der Waals surface area contributed by atoms with E-state index in [1.807, 2.05) is 0 Å². The summed E-state index contributed by atoms with van der Waals surface area (Å²) >= 11 is 12.5. The van der Waals surface area contributed by atoms with Gasteiger partial charge in [-0.05, 0) is 80.9 Å². The number of carbonyl (C=O) groups is 2. The van der Waals surface area contributed by atoms with Crippen LogP contribution in [-0.4, -0.2) is 41.0 Å². The van der Waals surface area contributed by atoms with E-state index in [4.69, 9.17) is 23.2 Å². The zero-order chi connectivity index (χ0) is 32.4. The predicted molar refractivity (Wildman–Crippen MR) is 159 cm³/mol. The van der Waals surface area contributed by atoms with Gasteiger partial charge in [-0.3, -0.25) is 9.59 Å². The van der Waals surface area contributed by atoms with Crippen LogP contribution in [0.1, 0.15) is 51.5 Å². The van der Waals surface area contributed by atoms with Crippen molar-refractivity contribution in [1.82, 2.24) is 24.8 Å². The predicted octanol–water partition coefficient (Wildman–Crippen LogP) is 5.77.